The van der Waals surface area contributed by atoms with Crippen LogP contribution in [0.5, 0.6) is 0 Å². The highest BCUT2D eigenvalue weighted by Gasteiger charge is 2.11. The molecule has 0 spiro atoms. The number of hydrogen-bond donors (Lipinski definition) is 1. The van der Waals surface area contributed by atoms with Crippen molar-refractivity contribution in [2.45, 2.75) is 6.92 Å². The van der Waals surface area contributed by atoms with E-state index < -0.39 is 0 Å². The van der Waals surface area contributed by atoms with Gasteiger partial charge in [-0.25, -0.2) is 0 Å². The van der Waals surface area contributed by atoms with Gasteiger partial charge in [0.15, 0.2) is 11.5 Å². The molecule has 0 radical (unpaired) electrons. The summed E-state index contributed by atoms with van der Waals surface area (Å²) in [4.78, 5) is 13.9. The molecule has 0 aliphatic heterocycles. The lowest BCUT2D eigenvalue weighted by Crippen LogP contribution is -2.31. The van der Waals surface area contributed by atoms with Crippen LogP contribution in [-0.4, -0.2) is 44.8 Å². The van der Waals surface area contributed by atoms with E-state index in [9.17, 15) is 4.79 Å². The van der Waals surface area contributed by atoms with Crippen LogP contribution in [0.2, 0.25) is 0 Å². The van der Waals surface area contributed by atoms with Crippen molar-refractivity contribution in [3.05, 3.63) is 40.4 Å². The zero-order valence-corrected chi connectivity index (χ0v) is 14.1. The lowest BCUT2D eigenvalue weighted by molar-refractivity contribution is -0.114. The number of hydrogen-bond acceptors (Lipinski definition) is 6. The molecular weight excluding hydrogens is 362 g/mol. The molecule has 0 saturated heterocycles. The Morgan fingerprint density at radius 1 is 1.35 bits per heavy atom. The van der Waals surface area contributed by atoms with E-state index in [1.54, 1.807) is 24.1 Å². The smallest absolute Gasteiger partial charge is 0.243 e. The monoisotopic (exact) mass is 375 g/mol. The summed E-state index contributed by atoms with van der Waals surface area (Å²) < 4.78 is 2.30. The Kier molecular flexibility index (Phi) is 4.20. The van der Waals surface area contributed by atoms with E-state index in [0.29, 0.717) is 11.5 Å². The van der Waals surface area contributed by atoms with Crippen LogP contribution < -0.4 is 10.2 Å². The van der Waals surface area contributed by atoms with Crippen molar-refractivity contribution in [3.8, 4) is 0 Å². The summed E-state index contributed by atoms with van der Waals surface area (Å²) >= 11 is 3.40. The fourth-order valence-electron chi connectivity index (χ4n) is 2.10. The lowest BCUT2D eigenvalue weighted by Gasteiger charge is -2.17. The number of fused-ring (bicyclic) bond motifs is 1. The second kappa shape index (κ2) is 6.29. The number of tetrazole rings is 1. The van der Waals surface area contributed by atoms with Gasteiger partial charge in [-0.1, -0.05) is 15.9 Å². The molecule has 3 rings (SSSR count). The van der Waals surface area contributed by atoms with Crippen molar-refractivity contribution in [2.75, 3.05) is 23.8 Å². The minimum absolute atomic E-state index is 0.128. The molecule has 0 bridgehead atoms. The molecule has 0 fully saturated rings. The SMILES string of the molecule is Cc1cc(Br)ccc1NC(=O)CN(C)c1ccc2nnnn2n1. The third-order valence-electron chi connectivity index (χ3n) is 3.29. The third-order valence-corrected chi connectivity index (χ3v) is 3.78. The van der Waals surface area contributed by atoms with Gasteiger partial charge in [0.1, 0.15) is 0 Å². The van der Waals surface area contributed by atoms with E-state index in [1.807, 2.05) is 25.1 Å². The van der Waals surface area contributed by atoms with Crippen molar-refractivity contribution in [3.63, 3.8) is 0 Å². The maximum absolute atomic E-state index is 12.2. The van der Waals surface area contributed by atoms with E-state index in [1.165, 1.54) is 4.63 Å². The Balaban J connectivity index is 1.69. The second-order valence-electron chi connectivity index (χ2n) is 5.08. The molecule has 3 aromatic rings. The fourth-order valence-corrected chi connectivity index (χ4v) is 2.57. The number of halogens is 1. The van der Waals surface area contributed by atoms with Crippen LogP contribution in [0.1, 0.15) is 5.56 Å². The van der Waals surface area contributed by atoms with E-state index >= 15 is 0 Å². The number of carbonyl (C=O) groups excluding carboxylic acids is 1. The molecule has 1 N–H and O–H groups in total. The number of amides is 1. The largest absolute Gasteiger partial charge is 0.349 e. The quantitative estimate of drug-likeness (QED) is 0.745. The van der Waals surface area contributed by atoms with Crippen LogP contribution in [0, 0.1) is 6.92 Å². The first kappa shape index (κ1) is 15.3. The predicted octanol–water partition coefficient (Wildman–Crippen LogP) is 1.67. The minimum atomic E-state index is -0.128. The molecule has 118 valence electrons. The Bertz CT molecular complexity index is 863. The standard InChI is InChI=1S/C14H14BrN7O/c1-9-7-10(15)3-4-11(9)16-14(23)8-21(2)13-6-5-12-17-19-20-22(12)18-13/h3-7H,8H2,1-2H3,(H,16,23). The maximum atomic E-state index is 12.2. The highest BCUT2D eigenvalue weighted by Crippen LogP contribution is 2.20. The molecule has 0 unspecified atom stereocenters. The van der Waals surface area contributed by atoms with Crippen LogP contribution in [0.3, 0.4) is 0 Å². The average Bonchev–Trinajstić information content (AvgIpc) is 2.97. The van der Waals surface area contributed by atoms with Gasteiger partial charge in [-0.3, -0.25) is 4.79 Å². The number of likely N-dealkylation sites (N-methyl/N-ethyl adjacent to an activating group) is 1. The van der Waals surface area contributed by atoms with Gasteiger partial charge in [0, 0.05) is 17.2 Å². The predicted molar refractivity (Wildman–Crippen MR) is 89.4 cm³/mol. The van der Waals surface area contributed by atoms with Crippen LogP contribution in [0.25, 0.3) is 5.65 Å². The number of nitrogens with zero attached hydrogens (tertiary/aromatic N) is 6. The van der Waals surface area contributed by atoms with Crippen molar-refractivity contribution in [2.24, 2.45) is 0 Å². The van der Waals surface area contributed by atoms with E-state index in [2.05, 4.69) is 41.9 Å². The molecule has 9 heteroatoms. The summed E-state index contributed by atoms with van der Waals surface area (Å²) in [6, 6.07) is 9.22. The molecule has 2 aromatic heterocycles. The van der Waals surface area contributed by atoms with Crippen molar-refractivity contribution in [1.82, 2.24) is 25.3 Å². The summed E-state index contributed by atoms with van der Waals surface area (Å²) in [6.07, 6.45) is 0. The van der Waals surface area contributed by atoms with Crippen LogP contribution >= 0.6 is 15.9 Å². The summed E-state index contributed by atoms with van der Waals surface area (Å²) in [5.41, 5.74) is 2.33. The topological polar surface area (TPSA) is 88.3 Å². The zero-order valence-electron chi connectivity index (χ0n) is 12.6. The number of aryl methyl sites for hydroxylation is 1. The number of carbonyl (C=O) groups is 1. The number of aromatic nitrogens is 5. The van der Waals surface area contributed by atoms with Crippen molar-refractivity contribution >= 4 is 39.0 Å². The van der Waals surface area contributed by atoms with Gasteiger partial charge in [0.25, 0.3) is 0 Å². The van der Waals surface area contributed by atoms with Gasteiger partial charge in [-0.15, -0.1) is 14.8 Å². The van der Waals surface area contributed by atoms with Gasteiger partial charge in [0.2, 0.25) is 5.91 Å². The lowest BCUT2D eigenvalue weighted by atomic mass is 10.2. The first-order valence-electron chi connectivity index (χ1n) is 6.85. The summed E-state index contributed by atoms with van der Waals surface area (Å²) in [6.45, 7) is 2.10. The summed E-state index contributed by atoms with van der Waals surface area (Å²) in [7, 11) is 1.78. The molecule has 2 heterocycles. The second-order valence-corrected chi connectivity index (χ2v) is 6.00. The maximum Gasteiger partial charge on any atom is 0.243 e. The first-order valence-corrected chi connectivity index (χ1v) is 7.65. The highest BCUT2D eigenvalue weighted by atomic mass is 79.9. The van der Waals surface area contributed by atoms with Gasteiger partial charge < -0.3 is 10.2 Å². The molecule has 8 nitrogen and oxygen atoms in total. The number of nitrogens with one attached hydrogen (secondary N) is 1. The molecule has 0 atom stereocenters. The van der Waals surface area contributed by atoms with Gasteiger partial charge in [-0.05, 0) is 53.2 Å². The van der Waals surface area contributed by atoms with Crippen LogP contribution in [0.15, 0.2) is 34.8 Å². The Hall–Kier alpha value is -2.55. The number of rotatable bonds is 4. The Morgan fingerprint density at radius 2 is 2.17 bits per heavy atom. The van der Waals surface area contributed by atoms with E-state index in [-0.39, 0.29) is 12.5 Å². The Morgan fingerprint density at radius 3 is 2.96 bits per heavy atom. The van der Waals surface area contributed by atoms with Gasteiger partial charge >= 0.3 is 0 Å². The molecule has 0 saturated carbocycles. The van der Waals surface area contributed by atoms with Gasteiger partial charge in [-0.2, -0.15) is 0 Å². The molecule has 1 amide bonds. The van der Waals surface area contributed by atoms with Crippen molar-refractivity contribution < 1.29 is 4.79 Å². The number of benzene rings is 1. The molecule has 0 aliphatic carbocycles. The Labute approximate surface area is 140 Å². The highest BCUT2D eigenvalue weighted by molar-refractivity contribution is 9.10. The molecule has 0 aliphatic rings. The van der Waals surface area contributed by atoms with Crippen LogP contribution in [-0.2, 0) is 4.79 Å². The van der Waals surface area contributed by atoms with Crippen molar-refractivity contribution in [1.29, 1.82) is 0 Å². The van der Waals surface area contributed by atoms with Gasteiger partial charge in [0.05, 0.1) is 6.54 Å². The molecule has 1 aromatic carbocycles. The third kappa shape index (κ3) is 3.45. The minimum Gasteiger partial charge on any atom is -0.349 e. The summed E-state index contributed by atoms with van der Waals surface area (Å²) in [5.74, 6) is 0.476. The molecule has 23 heavy (non-hydrogen) atoms. The summed E-state index contributed by atoms with van der Waals surface area (Å²) in [5, 5.41) is 18.2. The number of anilines is 2. The fraction of sp³-hybridized carbons (Fsp3) is 0.214. The first-order chi connectivity index (χ1) is 11.0. The van der Waals surface area contributed by atoms with E-state index in [4.69, 9.17) is 0 Å². The average molecular weight is 376 g/mol. The van der Waals surface area contributed by atoms with E-state index in [0.717, 1.165) is 15.7 Å². The zero-order chi connectivity index (χ0) is 16.4. The normalized spacial score (nSPS) is 10.7. The van der Waals surface area contributed by atoms with Crippen LogP contribution in [0.4, 0.5) is 11.5 Å². The molecular formula is C14H14BrN7O.